The largest absolute Gasteiger partial charge is 0.385 e. The number of anilines is 2. The van der Waals surface area contributed by atoms with Crippen molar-refractivity contribution in [2.45, 2.75) is 6.42 Å². The summed E-state index contributed by atoms with van der Waals surface area (Å²) in [6.45, 7) is 0.763. The van der Waals surface area contributed by atoms with E-state index in [4.69, 9.17) is 4.74 Å². The third-order valence-corrected chi connectivity index (χ3v) is 3.88. The van der Waals surface area contributed by atoms with Crippen molar-refractivity contribution >= 4 is 29.2 Å². The molecule has 0 fully saturated rings. The Morgan fingerprint density at radius 1 is 1.12 bits per heavy atom. The number of imide groups is 1. The highest BCUT2D eigenvalue weighted by molar-refractivity contribution is 6.22. The Balaban J connectivity index is 1.69. The van der Waals surface area contributed by atoms with E-state index in [1.165, 1.54) is 17.2 Å². The predicted molar refractivity (Wildman–Crippen MR) is 95.2 cm³/mol. The lowest BCUT2D eigenvalue weighted by Crippen LogP contribution is -2.31. The zero-order valence-corrected chi connectivity index (χ0v) is 14.2. The fourth-order valence-corrected chi connectivity index (χ4v) is 2.67. The second-order valence-corrected chi connectivity index (χ2v) is 5.69. The molecule has 0 unspecified atom stereocenters. The van der Waals surface area contributed by atoms with Crippen LogP contribution >= 0.6 is 0 Å². The molecule has 2 N–H and O–H groups in total. The summed E-state index contributed by atoms with van der Waals surface area (Å²) in [6, 6.07) is 7.58. The van der Waals surface area contributed by atoms with E-state index in [0.717, 1.165) is 0 Å². The van der Waals surface area contributed by atoms with Crippen LogP contribution in [0.4, 0.5) is 16.2 Å². The normalized spacial score (nSPS) is 12.9. The van der Waals surface area contributed by atoms with Crippen LogP contribution in [0.5, 0.6) is 0 Å². The van der Waals surface area contributed by atoms with E-state index < -0.39 is 6.03 Å². The van der Waals surface area contributed by atoms with E-state index in [0.29, 0.717) is 36.5 Å². The van der Waals surface area contributed by atoms with Gasteiger partial charge in [-0.2, -0.15) is 0 Å². The van der Waals surface area contributed by atoms with Crippen molar-refractivity contribution in [3.63, 3.8) is 0 Å². The molecule has 0 saturated heterocycles. The van der Waals surface area contributed by atoms with E-state index >= 15 is 0 Å². The Kier molecular flexibility index (Phi) is 5.23. The Morgan fingerprint density at radius 2 is 1.88 bits per heavy atom. The summed E-state index contributed by atoms with van der Waals surface area (Å²) in [5.74, 6) is -0.690. The van der Waals surface area contributed by atoms with Crippen LogP contribution in [0.2, 0.25) is 0 Å². The minimum absolute atomic E-state index is 0.284. The number of pyridine rings is 1. The summed E-state index contributed by atoms with van der Waals surface area (Å²) in [5.41, 5.74) is 1.59. The Bertz CT molecular complexity index is 838. The van der Waals surface area contributed by atoms with Crippen LogP contribution in [-0.4, -0.2) is 48.0 Å². The molecular formula is C18H18N4O4. The second kappa shape index (κ2) is 7.75. The Hall–Kier alpha value is -3.26. The van der Waals surface area contributed by atoms with Crippen LogP contribution < -0.4 is 10.6 Å². The quantitative estimate of drug-likeness (QED) is 0.613. The van der Waals surface area contributed by atoms with Crippen molar-refractivity contribution < 1.29 is 19.1 Å². The van der Waals surface area contributed by atoms with Gasteiger partial charge in [-0.15, -0.1) is 0 Å². The number of carbonyl (C=O) groups is 3. The van der Waals surface area contributed by atoms with Crippen LogP contribution in [0.25, 0.3) is 0 Å². The van der Waals surface area contributed by atoms with E-state index in [9.17, 15) is 14.4 Å². The molecule has 0 atom stereocenters. The molecule has 0 spiro atoms. The Labute approximate surface area is 150 Å². The van der Waals surface area contributed by atoms with Crippen LogP contribution in [0.3, 0.4) is 0 Å². The number of nitrogens with zero attached hydrogens (tertiary/aromatic N) is 2. The molecule has 0 radical (unpaired) electrons. The van der Waals surface area contributed by atoms with Crippen molar-refractivity contribution in [1.82, 2.24) is 9.88 Å². The molecule has 8 heteroatoms. The van der Waals surface area contributed by atoms with Crippen LogP contribution in [0.15, 0.2) is 42.7 Å². The molecular weight excluding hydrogens is 336 g/mol. The fourth-order valence-electron chi connectivity index (χ4n) is 2.67. The maximum Gasteiger partial charge on any atom is 0.323 e. The third kappa shape index (κ3) is 3.70. The number of nitrogens with one attached hydrogen (secondary N) is 2. The zero-order chi connectivity index (χ0) is 18.5. The first kappa shape index (κ1) is 17.6. The van der Waals surface area contributed by atoms with Crippen molar-refractivity contribution in [3.05, 3.63) is 53.9 Å². The summed E-state index contributed by atoms with van der Waals surface area (Å²) in [6.07, 6.45) is 3.69. The summed E-state index contributed by atoms with van der Waals surface area (Å²) in [4.78, 5) is 41.9. The molecule has 8 nitrogen and oxygen atoms in total. The van der Waals surface area contributed by atoms with Gasteiger partial charge in [0.05, 0.1) is 23.0 Å². The molecule has 4 amide bonds. The second-order valence-electron chi connectivity index (χ2n) is 5.69. The van der Waals surface area contributed by atoms with E-state index in [-0.39, 0.29) is 17.4 Å². The highest BCUT2D eigenvalue weighted by atomic mass is 16.5. The van der Waals surface area contributed by atoms with Gasteiger partial charge in [-0.1, -0.05) is 0 Å². The van der Waals surface area contributed by atoms with Crippen molar-refractivity contribution in [1.29, 1.82) is 0 Å². The van der Waals surface area contributed by atoms with Gasteiger partial charge >= 0.3 is 6.03 Å². The lowest BCUT2D eigenvalue weighted by Gasteiger charge is -2.12. The first-order valence-electron chi connectivity index (χ1n) is 8.07. The third-order valence-electron chi connectivity index (χ3n) is 3.88. The molecule has 26 heavy (non-hydrogen) atoms. The molecule has 2 heterocycles. The van der Waals surface area contributed by atoms with E-state index in [2.05, 4.69) is 15.6 Å². The molecule has 1 aromatic heterocycles. The molecule has 2 aromatic rings. The number of urea groups is 1. The van der Waals surface area contributed by atoms with E-state index in [1.54, 1.807) is 37.6 Å². The standard InChI is InChI=1S/C18H18N4O4/c1-26-9-3-8-22-16(23)14-6-5-12(10-15(14)17(22)24)20-18(25)21-13-4-2-7-19-11-13/h2,4-7,10-11H,3,8-9H2,1H3,(H2,20,21,25). The van der Waals surface area contributed by atoms with Gasteiger partial charge < -0.3 is 15.4 Å². The van der Waals surface area contributed by atoms with Gasteiger partial charge in [0.1, 0.15) is 0 Å². The number of methoxy groups -OCH3 is 1. The number of carbonyl (C=O) groups excluding carboxylic acids is 3. The number of hydrogen-bond acceptors (Lipinski definition) is 5. The van der Waals surface area contributed by atoms with Crippen molar-refractivity contribution in [2.75, 3.05) is 30.9 Å². The van der Waals surface area contributed by atoms with Gasteiger partial charge in [-0.3, -0.25) is 19.5 Å². The number of rotatable bonds is 6. The monoisotopic (exact) mass is 354 g/mol. The van der Waals surface area contributed by atoms with Crippen LogP contribution in [0.1, 0.15) is 27.1 Å². The van der Waals surface area contributed by atoms with Crippen molar-refractivity contribution in [2.24, 2.45) is 0 Å². The highest BCUT2D eigenvalue weighted by Gasteiger charge is 2.35. The first-order chi connectivity index (χ1) is 12.6. The average Bonchev–Trinajstić information content (AvgIpc) is 2.87. The van der Waals surface area contributed by atoms with Gasteiger partial charge in [0.15, 0.2) is 0 Å². The van der Waals surface area contributed by atoms with Crippen molar-refractivity contribution in [3.8, 4) is 0 Å². The molecule has 0 bridgehead atoms. The molecule has 3 rings (SSSR count). The maximum atomic E-state index is 12.5. The van der Waals surface area contributed by atoms with Gasteiger partial charge in [0, 0.05) is 32.1 Å². The average molecular weight is 354 g/mol. The maximum absolute atomic E-state index is 12.5. The van der Waals surface area contributed by atoms with Gasteiger partial charge in [0.25, 0.3) is 11.8 Å². The van der Waals surface area contributed by atoms with Gasteiger partial charge in [0.2, 0.25) is 0 Å². The number of ether oxygens (including phenoxy) is 1. The lowest BCUT2D eigenvalue weighted by molar-refractivity contribution is 0.0638. The molecule has 134 valence electrons. The van der Waals surface area contributed by atoms with Crippen LogP contribution in [-0.2, 0) is 4.74 Å². The van der Waals surface area contributed by atoms with Gasteiger partial charge in [-0.25, -0.2) is 4.79 Å². The number of hydrogen-bond donors (Lipinski definition) is 2. The van der Waals surface area contributed by atoms with E-state index in [1.807, 2.05) is 0 Å². The SMILES string of the molecule is COCCCN1C(=O)c2ccc(NC(=O)Nc3cccnc3)cc2C1=O. The fraction of sp³-hybridized carbons (Fsp3) is 0.222. The topological polar surface area (TPSA) is 101 Å². The zero-order valence-electron chi connectivity index (χ0n) is 14.2. The summed E-state index contributed by atoms with van der Waals surface area (Å²) in [5, 5.41) is 5.28. The predicted octanol–water partition coefficient (Wildman–Crippen LogP) is 2.36. The minimum Gasteiger partial charge on any atom is -0.385 e. The minimum atomic E-state index is -0.466. The molecule has 0 aliphatic carbocycles. The smallest absolute Gasteiger partial charge is 0.323 e. The number of aromatic nitrogens is 1. The molecule has 0 saturated carbocycles. The summed E-state index contributed by atoms with van der Waals surface area (Å²) in [7, 11) is 1.57. The molecule has 1 aliphatic rings. The highest BCUT2D eigenvalue weighted by Crippen LogP contribution is 2.26. The number of benzene rings is 1. The summed E-state index contributed by atoms with van der Waals surface area (Å²) >= 11 is 0. The number of amides is 4. The molecule has 1 aromatic carbocycles. The summed E-state index contributed by atoms with van der Waals surface area (Å²) < 4.78 is 4.95. The van der Waals surface area contributed by atoms with Gasteiger partial charge in [-0.05, 0) is 36.8 Å². The Morgan fingerprint density at radius 3 is 2.62 bits per heavy atom. The first-order valence-corrected chi connectivity index (χ1v) is 8.07. The lowest BCUT2D eigenvalue weighted by atomic mass is 10.1. The van der Waals surface area contributed by atoms with Crippen LogP contribution in [0, 0.1) is 0 Å². The molecule has 1 aliphatic heterocycles. The number of fused-ring (bicyclic) bond motifs is 1.